The number of aliphatic imine (C=N–C) groups is 1. The Labute approximate surface area is 178 Å². The molecule has 0 aliphatic carbocycles. The lowest BCUT2D eigenvalue weighted by atomic mass is 10.1. The number of hydrogen-bond donors (Lipinski definition) is 2. The minimum absolute atomic E-state index is 0.154. The molecule has 2 aromatic rings. The summed E-state index contributed by atoms with van der Waals surface area (Å²) in [4.78, 5) is 29.4. The molecule has 0 bridgehead atoms. The van der Waals surface area contributed by atoms with Crippen LogP contribution in [0.5, 0.6) is 0 Å². The van der Waals surface area contributed by atoms with Crippen molar-refractivity contribution < 1.29 is 4.79 Å². The van der Waals surface area contributed by atoms with Crippen LogP contribution in [-0.2, 0) is 11.3 Å². The van der Waals surface area contributed by atoms with Crippen LogP contribution in [0.4, 0.5) is 5.95 Å². The summed E-state index contributed by atoms with van der Waals surface area (Å²) in [5.41, 5.74) is 3.75. The third kappa shape index (κ3) is 5.92. The lowest BCUT2D eigenvalue weighted by Gasteiger charge is -2.34. The number of nitrogens with one attached hydrogen (secondary N) is 2. The van der Waals surface area contributed by atoms with Gasteiger partial charge in [0.15, 0.2) is 5.96 Å². The fourth-order valence-corrected chi connectivity index (χ4v) is 3.50. The van der Waals surface area contributed by atoms with E-state index < -0.39 is 0 Å². The van der Waals surface area contributed by atoms with Gasteiger partial charge in [-0.1, -0.05) is 23.8 Å². The topological polar surface area (TPSA) is 85.8 Å². The van der Waals surface area contributed by atoms with Gasteiger partial charge in [0.25, 0.3) is 0 Å². The molecule has 2 heterocycles. The van der Waals surface area contributed by atoms with Crippen LogP contribution in [0.25, 0.3) is 0 Å². The van der Waals surface area contributed by atoms with Crippen LogP contribution in [0.1, 0.15) is 23.1 Å². The molecule has 8 nitrogen and oxygen atoms in total. The summed E-state index contributed by atoms with van der Waals surface area (Å²) < 4.78 is 0. The van der Waals surface area contributed by atoms with E-state index in [0.29, 0.717) is 38.6 Å². The number of anilines is 1. The first-order chi connectivity index (χ1) is 14.6. The van der Waals surface area contributed by atoms with Crippen molar-refractivity contribution in [1.29, 1.82) is 0 Å². The molecular formula is C22H31N7O. The van der Waals surface area contributed by atoms with Crippen LogP contribution in [0, 0.1) is 13.8 Å². The Bertz CT molecular complexity index is 861. The van der Waals surface area contributed by atoms with Crippen molar-refractivity contribution in [2.45, 2.75) is 26.8 Å². The van der Waals surface area contributed by atoms with Gasteiger partial charge in [0.2, 0.25) is 11.9 Å². The molecule has 8 heteroatoms. The Balaban J connectivity index is 1.38. The third-order valence-corrected chi connectivity index (χ3v) is 5.27. The number of nitrogens with zero attached hydrogens (tertiary/aromatic N) is 5. The van der Waals surface area contributed by atoms with E-state index in [4.69, 9.17) is 0 Å². The van der Waals surface area contributed by atoms with E-state index in [1.165, 1.54) is 16.7 Å². The number of benzene rings is 1. The smallest absolute Gasteiger partial charge is 0.225 e. The van der Waals surface area contributed by atoms with E-state index >= 15 is 0 Å². The van der Waals surface area contributed by atoms with Crippen molar-refractivity contribution in [2.24, 2.45) is 4.99 Å². The Morgan fingerprint density at radius 1 is 1.10 bits per heavy atom. The van der Waals surface area contributed by atoms with Crippen LogP contribution >= 0.6 is 0 Å². The molecular weight excluding hydrogens is 378 g/mol. The summed E-state index contributed by atoms with van der Waals surface area (Å²) in [6.45, 7) is 8.34. The number of rotatable bonds is 6. The standard InChI is InChI=1S/C22H31N7O/c1-17-5-6-19(18(2)15-17)16-27-21(23-3)24-10-7-20(30)28-11-13-29(14-12-28)22-25-8-4-9-26-22/h4-6,8-9,15H,7,10-14,16H2,1-3H3,(H2,23,24,27). The van der Waals surface area contributed by atoms with Crippen LogP contribution in [0.15, 0.2) is 41.7 Å². The largest absolute Gasteiger partial charge is 0.356 e. The van der Waals surface area contributed by atoms with Gasteiger partial charge in [0.1, 0.15) is 0 Å². The molecule has 1 aliphatic rings. The highest BCUT2D eigenvalue weighted by Gasteiger charge is 2.22. The number of piperazine rings is 1. The first-order valence-electron chi connectivity index (χ1n) is 10.4. The lowest BCUT2D eigenvalue weighted by Crippen LogP contribution is -2.50. The summed E-state index contributed by atoms with van der Waals surface area (Å²) in [6.07, 6.45) is 3.92. The molecule has 1 saturated heterocycles. The van der Waals surface area contributed by atoms with Gasteiger partial charge in [-0.15, -0.1) is 0 Å². The van der Waals surface area contributed by atoms with E-state index in [9.17, 15) is 4.79 Å². The van der Waals surface area contributed by atoms with Gasteiger partial charge in [-0.3, -0.25) is 9.79 Å². The Hall–Kier alpha value is -3.16. The molecule has 1 fully saturated rings. The second-order valence-electron chi connectivity index (χ2n) is 7.45. The number of amides is 1. The lowest BCUT2D eigenvalue weighted by molar-refractivity contribution is -0.131. The highest BCUT2D eigenvalue weighted by Crippen LogP contribution is 2.11. The molecule has 3 rings (SSSR count). The molecule has 30 heavy (non-hydrogen) atoms. The summed E-state index contributed by atoms with van der Waals surface area (Å²) in [5.74, 6) is 1.58. The van der Waals surface area contributed by atoms with Gasteiger partial charge in [-0.2, -0.15) is 0 Å². The zero-order chi connectivity index (χ0) is 21.3. The highest BCUT2D eigenvalue weighted by molar-refractivity contribution is 5.81. The molecule has 160 valence electrons. The van der Waals surface area contributed by atoms with Crippen molar-refractivity contribution in [3.05, 3.63) is 53.3 Å². The maximum absolute atomic E-state index is 12.5. The van der Waals surface area contributed by atoms with Crippen LogP contribution < -0.4 is 15.5 Å². The number of carbonyl (C=O) groups excluding carboxylic acids is 1. The molecule has 1 aliphatic heterocycles. The first kappa shape index (κ1) is 21.5. The second-order valence-corrected chi connectivity index (χ2v) is 7.45. The van der Waals surface area contributed by atoms with E-state index in [-0.39, 0.29) is 5.91 Å². The minimum Gasteiger partial charge on any atom is -0.356 e. The second kappa shape index (κ2) is 10.6. The first-order valence-corrected chi connectivity index (χ1v) is 10.4. The average molecular weight is 410 g/mol. The molecule has 1 aromatic carbocycles. The molecule has 1 aromatic heterocycles. The zero-order valence-corrected chi connectivity index (χ0v) is 18.1. The van der Waals surface area contributed by atoms with E-state index in [2.05, 4.69) is 62.5 Å². The van der Waals surface area contributed by atoms with Crippen molar-refractivity contribution in [3.8, 4) is 0 Å². The maximum Gasteiger partial charge on any atom is 0.225 e. The van der Waals surface area contributed by atoms with Gasteiger partial charge >= 0.3 is 0 Å². The highest BCUT2D eigenvalue weighted by atomic mass is 16.2. The van der Waals surface area contributed by atoms with Crippen LogP contribution in [0.3, 0.4) is 0 Å². The van der Waals surface area contributed by atoms with Gasteiger partial charge in [-0.25, -0.2) is 9.97 Å². The molecule has 0 radical (unpaired) electrons. The minimum atomic E-state index is 0.154. The molecule has 0 unspecified atom stereocenters. The fraction of sp³-hybridized carbons (Fsp3) is 0.455. The third-order valence-electron chi connectivity index (χ3n) is 5.27. The quantitative estimate of drug-likeness (QED) is 0.556. The van der Waals surface area contributed by atoms with Gasteiger partial charge in [-0.05, 0) is 31.0 Å². The number of aryl methyl sites for hydroxylation is 2. The predicted octanol–water partition coefficient (Wildman–Crippen LogP) is 1.50. The van der Waals surface area contributed by atoms with E-state index in [0.717, 1.165) is 19.0 Å². The number of guanidine groups is 1. The number of aromatic nitrogens is 2. The summed E-state index contributed by atoms with van der Waals surface area (Å²) >= 11 is 0. The van der Waals surface area contributed by atoms with Gasteiger partial charge in [0, 0.05) is 65.1 Å². The summed E-state index contributed by atoms with van der Waals surface area (Å²) in [6, 6.07) is 8.23. The number of carbonyl (C=O) groups is 1. The van der Waals surface area contributed by atoms with Crippen molar-refractivity contribution in [2.75, 3.05) is 44.7 Å². The van der Waals surface area contributed by atoms with E-state index in [1.54, 1.807) is 25.5 Å². The van der Waals surface area contributed by atoms with Gasteiger partial charge < -0.3 is 20.4 Å². The molecule has 1 amide bonds. The number of hydrogen-bond acceptors (Lipinski definition) is 5. The van der Waals surface area contributed by atoms with Crippen molar-refractivity contribution in [3.63, 3.8) is 0 Å². The molecule has 2 N–H and O–H groups in total. The molecule has 0 saturated carbocycles. The Morgan fingerprint density at radius 2 is 1.83 bits per heavy atom. The molecule has 0 atom stereocenters. The fourth-order valence-electron chi connectivity index (χ4n) is 3.50. The average Bonchev–Trinajstić information content (AvgIpc) is 2.77. The Kier molecular flexibility index (Phi) is 7.59. The SMILES string of the molecule is CN=C(NCCC(=O)N1CCN(c2ncccn2)CC1)NCc1ccc(C)cc1C. The van der Waals surface area contributed by atoms with Gasteiger partial charge in [0.05, 0.1) is 0 Å². The Morgan fingerprint density at radius 3 is 2.50 bits per heavy atom. The summed E-state index contributed by atoms with van der Waals surface area (Å²) in [7, 11) is 1.74. The maximum atomic E-state index is 12.5. The van der Waals surface area contributed by atoms with Crippen molar-refractivity contribution >= 4 is 17.8 Å². The zero-order valence-electron chi connectivity index (χ0n) is 18.1. The predicted molar refractivity (Wildman–Crippen MR) is 120 cm³/mol. The van der Waals surface area contributed by atoms with Crippen LogP contribution in [0.2, 0.25) is 0 Å². The normalized spacial score (nSPS) is 14.6. The molecule has 0 spiro atoms. The van der Waals surface area contributed by atoms with E-state index in [1.807, 2.05) is 4.90 Å². The summed E-state index contributed by atoms with van der Waals surface area (Å²) in [5, 5.41) is 6.55. The monoisotopic (exact) mass is 409 g/mol. The van der Waals surface area contributed by atoms with Crippen molar-refractivity contribution in [1.82, 2.24) is 25.5 Å². The van der Waals surface area contributed by atoms with Crippen LogP contribution in [-0.4, -0.2) is 66.5 Å².